The predicted octanol–water partition coefficient (Wildman–Crippen LogP) is 3.36. The van der Waals surface area contributed by atoms with Crippen molar-refractivity contribution in [2.45, 2.75) is 12.8 Å². The zero-order chi connectivity index (χ0) is 19.3. The molecule has 0 spiro atoms. The highest BCUT2D eigenvalue weighted by molar-refractivity contribution is 5.74. The minimum absolute atomic E-state index is 0.622. The van der Waals surface area contributed by atoms with E-state index in [-0.39, 0.29) is 0 Å². The van der Waals surface area contributed by atoms with Crippen molar-refractivity contribution < 1.29 is 4.74 Å². The lowest BCUT2D eigenvalue weighted by atomic mass is 9.95. The van der Waals surface area contributed by atoms with Gasteiger partial charge in [0.25, 0.3) is 0 Å². The van der Waals surface area contributed by atoms with Crippen molar-refractivity contribution in [1.82, 2.24) is 4.90 Å². The van der Waals surface area contributed by atoms with Gasteiger partial charge in [0.15, 0.2) is 0 Å². The average Bonchev–Trinajstić information content (AvgIpc) is 2.75. The first-order chi connectivity index (χ1) is 13.7. The van der Waals surface area contributed by atoms with Gasteiger partial charge < -0.3 is 15.4 Å². The lowest BCUT2D eigenvalue weighted by molar-refractivity contribution is 0.0289. The van der Waals surface area contributed by atoms with Crippen LogP contribution in [0.3, 0.4) is 0 Å². The first kappa shape index (κ1) is 18.8. The molecule has 0 atom stereocenters. The SMILES string of the molecule is N#Cc1cc(N)ccc1-c1ccc(N2CCC(CN3CCOCC3)CC2)cc1. The quantitative estimate of drug-likeness (QED) is 0.829. The van der Waals surface area contributed by atoms with Crippen LogP contribution in [0.4, 0.5) is 11.4 Å². The van der Waals surface area contributed by atoms with Gasteiger partial charge in [-0.05, 0) is 54.2 Å². The number of nitrogens with zero attached hydrogens (tertiary/aromatic N) is 3. The van der Waals surface area contributed by atoms with E-state index in [0.29, 0.717) is 11.3 Å². The van der Waals surface area contributed by atoms with E-state index in [1.54, 1.807) is 6.07 Å². The van der Waals surface area contributed by atoms with Gasteiger partial charge in [-0.15, -0.1) is 0 Å². The fourth-order valence-electron chi connectivity index (χ4n) is 4.28. The van der Waals surface area contributed by atoms with E-state index >= 15 is 0 Å². The van der Waals surface area contributed by atoms with Crippen LogP contribution in [0.1, 0.15) is 18.4 Å². The van der Waals surface area contributed by atoms with Gasteiger partial charge in [0.05, 0.1) is 24.8 Å². The Bertz CT molecular complexity index is 829. The lowest BCUT2D eigenvalue weighted by Gasteiger charge is -2.37. The first-order valence-corrected chi connectivity index (χ1v) is 10.2. The summed E-state index contributed by atoms with van der Waals surface area (Å²) in [5.41, 5.74) is 10.3. The Morgan fingerprint density at radius 2 is 1.71 bits per heavy atom. The predicted molar refractivity (Wildman–Crippen MR) is 113 cm³/mol. The fraction of sp³-hybridized carbons (Fsp3) is 0.435. The molecule has 0 unspecified atom stereocenters. The van der Waals surface area contributed by atoms with Gasteiger partial charge in [0.2, 0.25) is 0 Å². The number of hydrogen-bond acceptors (Lipinski definition) is 5. The number of nitrogen functional groups attached to an aromatic ring is 1. The number of morpholine rings is 1. The Morgan fingerprint density at radius 1 is 1.00 bits per heavy atom. The summed E-state index contributed by atoms with van der Waals surface area (Å²) in [5.74, 6) is 0.793. The molecule has 0 radical (unpaired) electrons. The Hall–Kier alpha value is -2.55. The van der Waals surface area contributed by atoms with Crippen molar-refractivity contribution in [2.75, 3.05) is 56.6 Å². The molecule has 2 fully saturated rings. The second kappa shape index (κ2) is 8.64. The van der Waals surface area contributed by atoms with Crippen molar-refractivity contribution in [3.8, 4) is 17.2 Å². The number of hydrogen-bond donors (Lipinski definition) is 1. The van der Waals surface area contributed by atoms with Crippen molar-refractivity contribution >= 4 is 11.4 Å². The zero-order valence-corrected chi connectivity index (χ0v) is 16.3. The minimum atomic E-state index is 0.622. The Kier molecular flexibility index (Phi) is 5.80. The molecule has 146 valence electrons. The maximum atomic E-state index is 9.38. The number of benzene rings is 2. The third-order valence-corrected chi connectivity index (χ3v) is 5.94. The number of nitriles is 1. The van der Waals surface area contributed by atoms with Gasteiger partial charge >= 0.3 is 0 Å². The van der Waals surface area contributed by atoms with Gasteiger partial charge in [-0.2, -0.15) is 5.26 Å². The van der Waals surface area contributed by atoms with E-state index in [2.05, 4.69) is 40.1 Å². The number of ether oxygens (including phenoxy) is 1. The Labute approximate surface area is 167 Å². The van der Waals surface area contributed by atoms with Crippen LogP contribution < -0.4 is 10.6 Å². The summed E-state index contributed by atoms with van der Waals surface area (Å²) in [6.45, 7) is 7.36. The molecule has 2 aromatic rings. The molecule has 4 rings (SSSR count). The molecule has 5 nitrogen and oxygen atoms in total. The van der Waals surface area contributed by atoms with Crippen LogP contribution in [-0.2, 0) is 4.74 Å². The van der Waals surface area contributed by atoms with Crippen molar-refractivity contribution in [1.29, 1.82) is 5.26 Å². The smallest absolute Gasteiger partial charge is 0.0998 e. The number of anilines is 2. The summed E-state index contributed by atoms with van der Waals surface area (Å²) >= 11 is 0. The van der Waals surface area contributed by atoms with Crippen LogP contribution in [0.15, 0.2) is 42.5 Å². The van der Waals surface area contributed by atoms with E-state index in [1.807, 2.05) is 12.1 Å². The van der Waals surface area contributed by atoms with Gasteiger partial charge in [-0.1, -0.05) is 18.2 Å². The number of nitrogens with two attached hydrogens (primary N) is 1. The molecule has 2 aliphatic heterocycles. The highest BCUT2D eigenvalue weighted by Crippen LogP contribution is 2.29. The molecule has 2 N–H and O–H groups in total. The van der Waals surface area contributed by atoms with Crippen molar-refractivity contribution in [3.63, 3.8) is 0 Å². The molecule has 0 aromatic heterocycles. The zero-order valence-electron chi connectivity index (χ0n) is 16.3. The third kappa shape index (κ3) is 4.30. The van der Waals surface area contributed by atoms with E-state index in [0.717, 1.165) is 56.4 Å². The Balaban J connectivity index is 1.37. The van der Waals surface area contributed by atoms with E-state index < -0.39 is 0 Å². The summed E-state index contributed by atoms with van der Waals surface area (Å²) in [6, 6.07) is 16.3. The number of piperidine rings is 1. The topological polar surface area (TPSA) is 65.5 Å². The fourth-order valence-corrected chi connectivity index (χ4v) is 4.28. The molecule has 0 aliphatic carbocycles. The van der Waals surface area contributed by atoms with Crippen LogP contribution in [-0.4, -0.2) is 50.8 Å². The molecule has 0 amide bonds. The average molecular weight is 377 g/mol. The minimum Gasteiger partial charge on any atom is -0.399 e. The van der Waals surface area contributed by atoms with Crippen LogP contribution in [0, 0.1) is 17.2 Å². The maximum absolute atomic E-state index is 9.38. The standard InChI is InChI=1S/C23H28N4O/c24-16-20-15-21(25)3-6-23(20)19-1-4-22(5-2-19)27-9-7-18(8-10-27)17-26-11-13-28-14-12-26/h1-6,15,18H,7-14,17,25H2. The van der Waals surface area contributed by atoms with Gasteiger partial charge in [0.1, 0.15) is 0 Å². The van der Waals surface area contributed by atoms with E-state index in [1.165, 1.54) is 25.1 Å². The molecule has 0 bridgehead atoms. The van der Waals surface area contributed by atoms with Crippen molar-refractivity contribution in [3.05, 3.63) is 48.0 Å². The first-order valence-electron chi connectivity index (χ1n) is 10.2. The van der Waals surface area contributed by atoms with E-state index in [4.69, 9.17) is 10.5 Å². The molecule has 28 heavy (non-hydrogen) atoms. The lowest BCUT2D eigenvalue weighted by Crippen LogP contribution is -2.42. The summed E-state index contributed by atoms with van der Waals surface area (Å²) in [6.07, 6.45) is 2.49. The highest BCUT2D eigenvalue weighted by Gasteiger charge is 2.22. The number of rotatable bonds is 4. The van der Waals surface area contributed by atoms with Crippen LogP contribution in [0.2, 0.25) is 0 Å². The molecule has 0 saturated carbocycles. The molecule has 2 aromatic carbocycles. The van der Waals surface area contributed by atoms with Crippen LogP contribution in [0.25, 0.3) is 11.1 Å². The second-order valence-corrected chi connectivity index (χ2v) is 7.81. The molecule has 2 heterocycles. The highest BCUT2D eigenvalue weighted by atomic mass is 16.5. The summed E-state index contributed by atoms with van der Waals surface area (Å²) < 4.78 is 5.45. The monoisotopic (exact) mass is 376 g/mol. The molecule has 5 heteroatoms. The van der Waals surface area contributed by atoms with Crippen molar-refractivity contribution in [2.24, 2.45) is 5.92 Å². The van der Waals surface area contributed by atoms with Gasteiger partial charge in [0, 0.05) is 44.1 Å². The summed E-state index contributed by atoms with van der Waals surface area (Å²) in [7, 11) is 0. The summed E-state index contributed by atoms with van der Waals surface area (Å²) in [5, 5.41) is 9.38. The van der Waals surface area contributed by atoms with Crippen LogP contribution >= 0.6 is 0 Å². The second-order valence-electron chi connectivity index (χ2n) is 7.81. The van der Waals surface area contributed by atoms with E-state index in [9.17, 15) is 5.26 Å². The molecule has 2 saturated heterocycles. The molecular formula is C23H28N4O. The van der Waals surface area contributed by atoms with Gasteiger partial charge in [-0.25, -0.2) is 0 Å². The largest absolute Gasteiger partial charge is 0.399 e. The molecule has 2 aliphatic rings. The molecular weight excluding hydrogens is 348 g/mol. The van der Waals surface area contributed by atoms with Gasteiger partial charge in [-0.3, -0.25) is 4.90 Å². The summed E-state index contributed by atoms with van der Waals surface area (Å²) in [4.78, 5) is 5.03. The third-order valence-electron chi connectivity index (χ3n) is 5.94. The maximum Gasteiger partial charge on any atom is 0.0998 e. The normalized spacial score (nSPS) is 18.8. The Morgan fingerprint density at radius 3 is 2.39 bits per heavy atom. The van der Waals surface area contributed by atoms with Crippen LogP contribution in [0.5, 0.6) is 0 Å².